The van der Waals surface area contributed by atoms with Gasteiger partial charge < -0.3 is 0 Å². The minimum Gasteiger partial charge on any atom is -0.298 e. The van der Waals surface area contributed by atoms with Crippen molar-refractivity contribution in [1.29, 1.82) is 5.26 Å². The summed E-state index contributed by atoms with van der Waals surface area (Å²) in [5.74, 6) is 4.81. The monoisotopic (exact) mass is 155 g/mol. The number of carbonyl (C=O) groups is 1. The number of benzene rings is 1. The standard InChI is InChI=1S/C10H5NO/c11-7-3-6-9-4-1-2-5-10(9)8-12/h1-2,4-5,8H. The summed E-state index contributed by atoms with van der Waals surface area (Å²) in [7, 11) is 0. The van der Waals surface area contributed by atoms with Crippen molar-refractivity contribution in [2.24, 2.45) is 0 Å². The fourth-order valence-electron chi connectivity index (χ4n) is 0.809. The molecule has 0 aliphatic carbocycles. The average Bonchev–Trinajstić information content (AvgIpc) is 2.15. The van der Waals surface area contributed by atoms with Gasteiger partial charge in [-0.1, -0.05) is 18.2 Å². The lowest BCUT2D eigenvalue weighted by molar-refractivity contribution is 0.112. The van der Waals surface area contributed by atoms with Gasteiger partial charge in [0, 0.05) is 17.0 Å². The minimum atomic E-state index is 0.514. The van der Waals surface area contributed by atoms with Crippen molar-refractivity contribution in [1.82, 2.24) is 0 Å². The van der Waals surface area contributed by atoms with Gasteiger partial charge in [0.15, 0.2) is 12.4 Å². The first-order chi connectivity index (χ1) is 5.88. The highest BCUT2D eigenvalue weighted by molar-refractivity contribution is 5.79. The van der Waals surface area contributed by atoms with Gasteiger partial charge in [0.05, 0.1) is 0 Å². The van der Waals surface area contributed by atoms with Crippen LogP contribution in [0.3, 0.4) is 0 Å². The maximum absolute atomic E-state index is 10.4. The second-order valence-electron chi connectivity index (χ2n) is 2.07. The van der Waals surface area contributed by atoms with Gasteiger partial charge in [-0.15, -0.1) is 0 Å². The molecule has 0 saturated carbocycles. The van der Waals surface area contributed by atoms with Crippen LogP contribution in [0.15, 0.2) is 24.3 Å². The summed E-state index contributed by atoms with van der Waals surface area (Å²) >= 11 is 0. The molecule has 0 aromatic heterocycles. The summed E-state index contributed by atoms with van der Waals surface area (Å²) in [6.07, 6.45) is 0.724. The molecule has 1 aromatic carbocycles. The van der Waals surface area contributed by atoms with Crippen molar-refractivity contribution in [2.45, 2.75) is 0 Å². The first kappa shape index (κ1) is 8.04. The zero-order valence-electron chi connectivity index (χ0n) is 6.24. The normalized spacial score (nSPS) is 7.58. The topological polar surface area (TPSA) is 40.9 Å². The van der Waals surface area contributed by atoms with E-state index >= 15 is 0 Å². The van der Waals surface area contributed by atoms with E-state index in [-0.39, 0.29) is 0 Å². The fraction of sp³-hybridized carbons (Fsp3) is 0. The van der Waals surface area contributed by atoms with Gasteiger partial charge in [-0.3, -0.25) is 4.79 Å². The molecule has 0 N–H and O–H groups in total. The molecule has 2 heteroatoms. The third-order valence-corrected chi connectivity index (χ3v) is 1.34. The van der Waals surface area contributed by atoms with Crippen molar-refractivity contribution in [3.8, 4) is 17.9 Å². The Labute approximate surface area is 70.4 Å². The third-order valence-electron chi connectivity index (χ3n) is 1.34. The Hall–Kier alpha value is -2.06. The van der Waals surface area contributed by atoms with E-state index in [2.05, 4.69) is 11.8 Å². The van der Waals surface area contributed by atoms with Crippen molar-refractivity contribution < 1.29 is 4.79 Å². The van der Waals surface area contributed by atoms with Crippen molar-refractivity contribution in [3.05, 3.63) is 35.4 Å². The molecule has 0 bridgehead atoms. The molecule has 0 fully saturated rings. The zero-order valence-corrected chi connectivity index (χ0v) is 6.24. The lowest BCUT2D eigenvalue weighted by Gasteiger charge is -1.92. The summed E-state index contributed by atoms with van der Waals surface area (Å²) in [6, 6.07) is 8.58. The molecule has 0 spiro atoms. The second-order valence-corrected chi connectivity index (χ2v) is 2.07. The van der Waals surface area contributed by atoms with Gasteiger partial charge >= 0.3 is 0 Å². The predicted molar refractivity (Wildman–Crippen MR) is 44.3 cm³/mol. The number of nitriles is 1. The lowest BCUT2D eigenvalue weighted by Crippen LogP contribution is -1.84. The van der Waals surface area contributed by atoms with Gasteiger partial charge in [0.1, 0.15) is 0 Å². The highest BCUT2D eigenvalue weighted by atomic mass is 16.1. The van der Waals surface area contributed by atoms with Gasteiger partial charge in [-0.25, -0.2) is 0 Å². The van der Waals surface area contributed by atoms with Crippen molar-refractivity contribution >= 4 is 6.29 Å². The van der Waals surface area contributed by atoms with Gasteiger partial charge in [0.25, 0.3) is 0 Å². The summed E-state index contributed by atoms with van der Waals surface area (Å²) in [6.45, 7) is 0. The van der Waals surface area contributed by atoms with Crippen LogP contribution >= 0.6 is 0 Å². The Morgan fingerprint density at radius 2 is 2.08 bits per heavy atom. The van der Waals surface area contributed by atoms with E-state index in [1.165, 1.54) is 0 Å². The molecule has 56 valence electrons. The Morgan fingerprint density at radius 1 is 1.33 bits per heavy atom. The van der Waals surface area contributed by atoms with Crippen LogP contribution in [0.2, 0.25) is 0 Å². The van der Waals surface area contributed by atoms with E-state index in [1.807, 2.05) is 0 Å². The Kier molecular flexibility index (Phi) is 2.65. The molecule has 1 rings (SSSR count). The fourth-order valence-corrected chi connectivity index (χ4v) is 0.809. The van der Waals surface area contributed by atoms with Crippen LogP contribution in [-0.2, 0) is 0 Å². The second kappa shape index (κ2) is 3.95. The smallest absolute Gasteiger partial charge is 0.152 e. The van der Waals surface area contributed by atoms with Crippen LogP contribution in [-0.4, -0.2) is 6.29 Å². The molecule has 0 heterocycles. The predicted octanol–water partition coefficient (Wildman–Crippen LogP) is 1.37. The summed E-state index contributed by atoms with van der Waals surface area (Å²) in [5.41, 5.74) is 1.11. The third kappa shape index (κ3) is 1.71. The van der Waals surface area contributed by atoms with E-state index in [4.69, 9.17) is 5.26 Å². The molecule has 2 nitrogen and oxygen atoms in total. The van der Waals surface area contributed by atoms with Crippen LogP contribution < -0.4 is 0 Å². The Morgan fingerprint density at radius 3 is 2.75 bits per heavy atom. The number of hydrogen-bond donors (Lipinski definition) is 0. The highest BCUT2D eigenvalue weighted by Crippen LogP contribution is 2.03. The van der Waals surface area contributed by atoms with Crippen LogP contribution in [0.4, 0.5) is 0 Å². The van der Waals surface area contributed by atoms with Crippen LogP contribution in [0, 0.1) is 23.2 Å². The minimum absolute atomic E-state index is 0.514. The Bertz CT molecular complexity index is 390. The molecule has 0 amide bonds. The molecule has 12 heavy (non-hydrogen) atoms. The molecule has 0 radical (unpaired) electrons. The zero-order chi connectivity index (χ0) is 8.81. The van der Waals surface area contributed by atoms with Crippen LogP contribution in [0.25, 0.3) is 0 Å². The maximum atomic E-state index is 10.4. The molecule has 0 aliphatic rings. The molecular weight excluding hydrogens is 150 g/mol. The first-order valence-corrected chi connectivity index (χ1v) is 3.33. The van der Waals surface area contributed by atoms with Gasteiger partial charge in [-0.05, 0) is 12.0 Å². The SMILES string of the molecule is N#CC#Cc1ccccc1C=O. The van der Waals surface area contributed by atoms with Crippen molar-refractivity contribution in [2.75, 3.05) is 0 Å². The van der Waals surface area contributed by atoms with E-state index in [0.29, 0.717) is 11.1 Å². The maximum Gasteiger partial charge on any atom is 0.152 e. The average molecular weight is 155 g/mol. The van der Waals surface area contributed by atoms with Crippen LogP contribution in [0.5, 0.6) is 0 Å². The molecule has 0 atom stereocenters. The lowest BCUT2D eigenvalue weighted by atomic mass is 10.1. The van der Waals surface area contributed by atoms with E-state index in [9.17, 15) is 4.79 Å². The highest BCUT2D eigenvalue weighted by Gasteiger charge is 1.94. The molecule has 0 saturated heterocycles. The van der Waals surface area contributed by atoms with E-state index in [1.54, 1.807) is 30.3 Å². The number of hydrogen-bond acceptors (Lipinski definition) is 2. The molecule has 1 aromatic rings. The number of carbonyl (C=O) groups excluding carboxylic acids is 1. The van der Waals surface area contributed by atoms with E-state index < -0.39 is 0 Å². The Balaban J connectivity index is 3.15. The summed E-state index contributed by atoms with van der Waals surface area (Å²) in [4.78, 5) is 10.4. The summed E-state index contributed by atoms with van der Waals surface area (Å²) in [5, 5.41) is 8.18. The molecule has 0 unspecified atom stereocenters. The van der Waals surface area contributed by atoms with Gasteiger partial charge in [-0.2, -0.15) is 5.26 Å². The number of rotatable bonds is 1. The van der Waals surface area contributed by atoms with Gasteiger partial charge in [0.2, 0.25) is 0 Å². The number of aldehydes is 1. The molecule has 0 aliphatic heterocycles. The first-order valence-electron chi connectivity index (χ1n) is 3.33. The molecular formula is C10H5NO. The number of nitrogens with zero attached hydrogens (tertiary/aromatic N) is 1. The summed E-state index contributed by atoms with van der Waals surface area (Å²) < 4.78 is 0. The quantitative estimate of drug-likeness (QED) is 0.454. The van der Waals surface area contributed by atoms with Crippen molar-refractivity contribution in [3.63, 3.8) is 0 Å². The van der Waals surface area contributed by atoms with Crippen LogP contribution in [0.1, 0.15) is 15.9 Å². The van der Waals surface area contributed by atoms with E-state index in [0.717, 1.165) is 6.29 Å². The largest absolute Gasteiger partial charge is 0.298 e.